The van der Waals surface area contributed by atoms with Gasteiger partial charge in [-0.2, -0.15) is 0 Å². The average Bonchev–Trinajstić information content (AvgIpc) is 3.03. The maximum atomic E-state index is 6.91. The Morgan fingerprint density at radius 3 is 1.83 bits per heavy atom. The Kier molecular flexibility index (Phi) is 5.36. The second kappa shape index (κ2) is 8.31. The zero-order valence-corrected chi connectivity index (χ0v) is 26.3. The number of fused-ring (bicyclic) bond motifs is 5. The molecule has 0 bridgehead atoms. The molecule has 0 radical (unpaired) electrons. The molecule has 0 fully saturated rings. The van der Waals surface area contributed by atoms with Crippen molar-refractivity contribution < 1.29 is 9.47 Å². The number of ether oxygens (including phenoxy) is 2. The Morgan fingerprint density at radius 1 is 0.659 bits per heavy atom. The monoisotopic (exact) mass is 540 g/mol. The number of aryl methyl sites for hydroxylation is 3. The van der Waals surface area contributed by atoms with Crippen LogP contribution in [-0.4, -0.2) is 6.71 Å². The Labute approximate surface area is 246 Å². The van der Waals surface area contributed by atoms with Crippen LogP contribution in [0.3, 0.4) is 0 Å². The van der Waals surface area contributed by atoms with Crippen molar-refractivity contribution in [2.45, 2.75) is 91.9 Å². The van der Waals surface area contributed by atoms with Gasteiger partial charge in [0.25, 0.3) is 6.71 Å². The summed E-state index contributed by atoms with van der Waals surface area (Å²) in [4.78, 5) is 0. The number of hydrogen-bond donors (Lipinski definition) is 0. The number of benzene rings is 4. The summed E-state index contributed by atoms with van der Waals surface area (Å²) in [5.74, 6) is 3.75. The molecule has 2 nitrogen and oxygen atoms in total. The summed E-state index contributed by atoms with van der Waals surface area (Å²) in [5.41, 5.74) is 14.3. The first-order valence-electron chi connectivity index (χ1n) is 15.1. The van der Waals surface area contributed by atoms with Crippen molar-refractivity contribution in [1.82, 2.24) is 0 Å². The van der Waals surface area contributed by atoms with Gasteiger partial charge in [0, 0.05) is 5.46 Å². The molecular weight excluding hydrogens is 499 g/mol. The van der Waals surface area contributed by atoms with E-state index in [2.05, 4.69) is 124 Å². The molecule has 0 amide bonds. The lowest BCUT2D eigenvalue weighted by atomic mass is 9.34. The molecule has 0 saturated carbocycles. The van der Waals surface area contributed by atoms with E-state index in [0.717, 1.165) is 40.4 Å². The van der Waals surface area contributed by atoms with Gasteiger partial charge in [-0.3, -0.25) is 0 Å². The normalized spacial score (nSPS) is 17.2. The molecule has 41 heavy (non-hydrogen) atoms. The topological polar surface area (TPSA) is 18.5 Å². The lowest BCUT2D eigenvalue weighted by Crippen LogP contribution is -2.57. The highest BCUT2D eigenvalue weighted by atomic mass is 16.5. The van der Waals surface area contributed by atoms with E-state index in [1.165, 1.54) is 49.9 Å². The van der Waals surface area contributed by atoms with E-state index in [1.807, 2.05) is 0 Å². The molecule has 0 saturated heterocycles. The summed E-state index contributed by atoms with van der Waals surface area (Å²) in [6.45, 7) is 23.0. The first-order chi connectivity index (χ1) is 19.1. The fraction of sp³-hybridized carbons (Fsp3) is 0.368. The van der Waals surface area contributed by atoms with E-state index in [1.54, 1.807) is 0 Å². The summed E-state index contributed by atoms with van der Waals surface area (Å²) < 4.78 is 13.7. The van der Waals surface area contributed by atoms with Crippen LogP contribution in [0.1, 0.15) is 88.3 Å². The van der Waals surface area contributed by atoms with Crippen molar-refractivity contribution in [3.63, 3.8) is 0 Å². The first-order valence-corrected chi connectivity index (χ1v) is 15.1. The van der Waals surface area contributed by atoms with Crippen LogP contribution < -0.4 is 25.9 Å². The van der Waals surface area contributed by atoms with Gasteiger partial charge in [0.05, 0.1) is 0 Å². The zero-order valence-electron chi connectivity index (χ0n) is 26.3. The molecule has 0 N–H and O–H groups in total. The summed E-state index contributed by atoms with van der Waals surface area (Å²) >= 11 is 0. The van der Waals surface area contributed by atoms with Gasteiger partial charge in [-0.1, -0.05) is 84.4 Å². The fourth-order valence-corrected chi connectivity index (χ4v) is 8.21. The molecule has 2 heterocycles. The lowest BCUT2D eigenvalue weighted by Gasteiger charge is -2.35. The van der Waals surface area contributed by atoms with E-state index in [-0.39, 0.29) is 23.0 Å². The average molecular weight is 541 g/mol. The molecule has 3 aliphatic rings. The molecule has 4 aromatic rings. The second-order valence-corrected chi connectivity index (χ2v) is 15.2. The van der Waals surface area contributed by atoms with E-state index < -0.39 is 0 Å². The van der Waals surface area contributed by atoms with E-state index in [9.17, 15) is 0 Å². The Balaban J connectivity index is 1.51. The molecule has 0 unspecified atom stereocenters. The van der Waals surface area contributed by atoms with E-state index in [0.29, 0.717) is 0 Å². The molecular formula is C38H41BO2. The summed E-state index contributed by atoms with van der Waals surface area (Å²) in [7, 11) is 0. The minimum atomic E-state index is 0.0421. The van der Waals surface area contributed by atoms with E-state index >= 15 is 0 Å². The number of hydrogen-bond acceptors (Lipinski definition) is 2. The Morgan fingerprint density at radius 2 is 1.22 bits per heavy atom. The van der Waals surface area contributed by atoms with Crippen molar-refractivity contribution in [3.8, 4) is 34.1 Å². The van der Waals surface area contributed by atoms with E-state index in [4.69, 9.17) is 9.47 Å². The van der Waals surface area contributed by atoms with Gasteiger partial charge in [-0.25, -0.2) is 0 Å². The molecule has 2 aliphatic heterocycles. The van der Waals surface area contributed by atoms with Crippen LogP contribution in [0.2, 0.25) is 0 Å². The van der Waals surface area contributed by atoms with Crippen molar-refractivity contribution >= 4 is 23.1 Å². The van der Waals surface area contributed by atoms with Crippen LogP contribution in [-0.2, 0) is 16.2 Å². The highest BCUT2D eigenvalue weighted by Crippen LogP contribution is 2.51. The van der Waals surface area contributed by atoms with Crippen molar-refractivity contribution in [2.75, 3.05) is 0 Å². The lowest BCUT2D eigenvalue weighted by molar-refractivity contribution is 0.402. The van der Waals surface area contributed by atoms with Gasteiger partial charge in [-0.05, 0) is 118 Å². The van der Waals surface area contributed by atoms with Gasteiger partial charge in [0.15, 0.2) is 0 Å². The minimum absolute atomic E-state index is 0.0421. The Bertz CT molecular complexity index is 1760. The number of rotatable bonds is 1. The molecule has 7 rings (SSSR count). The zero-order chi connectivity index (χ0) is 29.2. The summed E-state index contributed by atoms with van der Waals surface area (Å²) in [6, 6.07) is 20.7. The third-order valence-corrected chi connectivity index (χ3v) is 9.79. The largest absolute Gasteiger partial charge is 0.458 e. The molecule has 208 valence electrons. The summed E-state index contributed by atoms with van der Waals surface area (Å²) in [5, 5.41) is 0. The molecule has 0 atom stereocenters. The van der Waals surface area contributed by atoms with Gasteiger partial charge in [-0.15, -0.1) is 0 Å². The van der Waals surface area contributed by atoms with Crippen LogP contribution in [0.25, 0.3) is 11.1 Å². The Hall–Kier alpha value is -3.46. The molecule has 1 aliphatic carbocycles. The quantitative estimate of drug-likeness (QED) is 0.196. The van der Waals surface area contributed by atoms with Gasteiger partial charge >= 0.3 is 0 Å². The maximum Gasteiger partial charge on any atom is 0.260 e. The summed E-state index contributed by atoms with van der Waals surface area (Å²) in [6.07, 6.45) is 1.13. The molecule has 4 aromatic carbocycles. The van der Waals surface area contributed by atoms with Gasteiger partial charge < -0.3 is 9.47 Å². The third-order valence-electron chi connectivity index (χ3n) is 9.79. The van der Waals surface area contributed by atoms with Gasteiger partial charge in [0.1, 0.15) is 23.0 Å². The SMILES string of the molecule is Cc1cc(C)c(-c2cc3c4c(c2)Oc2cc5c(cc2B4c2cc(C(C)(C)C)ccc2O3)C(C)(C)CC5(C)C)c(C)c1. The van der Waals surface area contributed by atoms with Crippen molar-refractivity contribution in [1.29, 1.82) is 0 Å². The fourth-order valence-electron chi connectivity index (χ4n) is 8.21. The van der Waals surface area contributed by atoms with Crippen LogP contribution in [0.5, 0.6) is 23.0 Å². The highest BCUT2D eigenvalue weighted by molar-refractivity contribution is 6.98. The standard InChI is InChI=1S/C38H41BO2/c1-21-13-22(2)34(23(3)14-21)24-15-32-35-33(16-24)41-31-19-27-26(37(7,8)20-38(27,9)10)18-29(31)39(35)28-17-25(36(4,5)6)11-12-30(28)40-32/h11-19H,20H2,1-10H3. The van der Waals surface area contributed by atoms with Crippen LogP contribution in [0, 0.1) is 20.8 Å². The molecule has 0 spiro atoms. The predicted molar refractivity (Wildman–Crippen MR) is 173 cm³/mol. The maximum absolute atomic E-state index is 6.91. The highest BCUT2D eigenvalue weighted by Gasteiger charge is 2.46. The van der Waals surface area contributed by atoms with Crippen LogP contribution in [0.4, 0.5) is 0 Å². The second-order valence-electron chi connectivity index (χ2n) is 15.2. The van der Waals surface area contributed by atoms with Crippen LogP contribution >= 0.6 is 0 Å². The first kappa shape index (κ1) is 26.4. The van der Waals surface area contributed by atoms with Crippen molar-refractivity contribution in [3.05, 3.63) is 88.0 Å². The van der Waals surface area contributed by atoms with Crippen molar-refractivity contribution in [2.24, 2.45) is 0 Å². The predicted octanol–water partition coefficient (Wildman–Crippen LogP) is 8.26. The smallest absolute Gasteiger partial charge is 0.260 e. The molecule has 3 heteroatoms. The van der Waals surface area contributed by atoms with Crippen LogP contribution in [0.15, 0.2) is 54.6 Å². The minimum Gasteiger partial charge on any atom is -0.458 e. The molecule has 0 aromatic heterocycles. The third kappa shape index (κ3) is 3.91. The van der Waals surface area contributed by atoms with Gasteiger partial charge in [0.2, 0.25) is 0 Å².